The number of esters is 1. The van der Waals surface area contributed by atoms with Crippen molar-refractivity contribution >= 4 is 5.97 Å². The van der Waals surface area contributed by atoms with Crippen molar-refractivity contribution in [1.29, 1.82) is 0 Å². The van der Waals surface area contributed by atoms with E-state index in [2.05, 4.69) is 13.0 Å². The molecule has 2 aliphatic heterocycles. The van der Waals surface area contributed by atoms with Gasteiger partial charge in [-0.1, -0.05) is 38.3 Å². The van der Waals surface area contributed by atoms with Gasteiger partial charge in [-0.3, -0.25) is 4.79 Å². The van der Waals surface area contributed by atoms with Crippen molar-refractivity contribution in [3.63, 3.8) is 0 Å². The molecule has 3 fully saturated rings. The summed E-state index contributed by atoms with van der Waals surface area (Å²) in [5.74, 6) is 0.173. The van der Waals surface area contributed by atoms with Gasteiger partial charge in [0.1, 0.15) is 6.10 Å². The highest BCUT2D eigenvalue weighted by Crippen LogP contribution is 2.44. The predicted octanol–water partition coefficient (Wildman–Crippen LogP) is 3.35. The van der Waals surface area contributed by atoms with Crippen LogP contribution in [-0.4, -0.2) is 42.3 Å². The molecule has 0 bridgehead atoms. The van der Waals surface area contributed by atoms with Gasteiger partial charge in [0.25, 0.3) is 0 Å². The van der Waals surface area contributed by atoms with Crippen LogP contribution in [0.2, 0.25) is 0 Å². The van der Waals surface area contributed by atoms with Crippen LogP contribution in [0.25, 0.3) is 0 Å². The summed E-state index contributed by atoms with van der Waals surface area (Å²) >= 11 is 0. The van der Waals surface area contributed by atoms with Gasteiger partial charge in [0.15, 0.2) is 6.29 Å². The molecule has 1 saturated carbocycles. The fourth-order valence-electron chi connectivity index (χ4n) is 4.28. The highest BCUT2D eigenvalue weighted by Gasteiger charge is 2.50. The molecule has 1 unspecified atom stereocenters. The number of rotatable bonds is 8. The molecule has 2 saturated heterocycles. The minimum absolute atomic E-state index is 0.00490. The normalized spacial score (nSPS) is 36.6. The standard InChI is InChI=1S/C20H32O5/c1-2-3-4-7-14(21)9-10-15-16-12-19(22)24-18(16)13-17(15)25-20-8-5-6-11-23-20/h9-10,14-18,20-21H,2-8,11-13H2,1H3/b10-9+/t14-,15+,16+,17+,18-,20?/m0/s1. The van der Waals surface area contributed by atoms with Gasteiger partial charge in [-0.25, -0.2) is 0 Å². The smallest absolute Gasteiger partial charge is 0.306 e. The number of aliphatic hydroxyl groups is 1. The van der Waals surface area contributed by atoms with Crippen LogP contribution in [0.5, 0.6) is 0 Å². The number of fused-ring (bicyclic) bond motifs is 1. The van der Waals surface area contributed by atoms with E-state index in [1.165, 1.54) is 0 Å². The predicted molar refractivity (Wildman–Crippen MR) is 93.8 cm³/mol. The Balaban J connectivity index is 1.59. The first-order chi connectivity index (χ1) is 12.2. The quantitative estimate of drug-likeness (QED) is 0.412. The van der Waals surface area contributed by atoms with Crippen LogP contribution in [0, 0.1) is 11.8 Å². The van der Waals surface area contributed by atoms with Gasteiger partial charge in [0.05, 0.1) is 18.6 Å². The molecule has 2 heterocycles. The fraction of sp³-hybridized carbons (Fsp3) is 0.850. The zero-order valence-electron chi connectivity index (χ0n) is 15.3. The average Bonchev–Trinajstić information content (AvgIpc) is 3.10. The van der Waals surface area contributed by atoms with Crippen molar-refractivity contribution in [2.45, 2.75) is 89.3 Å². The Kier molecular flexibility index (Phi) is 6.91. The van der Waals surface area contributed by atoms with Gasteiger partial charge in [-0.05, 0) is 25.7 Å². The van der Waals surface area contributed by atoms with Crippen molar-refractivity contribution in [3.8, 4) is 0 Å². The van der Waals surface area contributed by atoms with Crippen LogP contribution in [0.4, 0.5) is 0 Å². The second-order valence-corrected chi connectivity index (χ2v) is 7.63. The molecule has 3 rings (SSSR count). The van der Waals surface area contributed by atoms with Crippen molar-refractivity contribution in [1.82, 2.24) is 0 Å². The summed E-state index contributed by atoms with van der Waals surface area (Å²) in [6.07, 6.45) is 11.8. The number of unbranched alkanes of at least 4 members (excludes halogenated alkanes) is 2. The van der Waals surface area contributed by atoms with E-state index in [-0.39, 0.29) is 36.3 Å². The lowest BCUT2D eigenvalue weighted by atomic mass is 9.91. The third kappa shape index (κ3) is 5.05. The minimum atomic E-state index is -0.421. The van der Waals surface area contributed by atoms with Crippen LogP contribution >= 0.6 is 0 Å². The highest BCUT2D eigenvalue weighted by atomic mass is 16.7. The maximum atomic E-state index is 11.7. The highest BCUT2D eigenvalue weighted by molar-refractivity contribution is 5.72. The maximum absolute atomic E-state index is 11.7. The molecule has 142 valence electrons. The van der Waals surface area contributed by atoms with Gasteiger partial charge in [-0.2, -0.15) is 0 Å². The van der Waals surface area contributed by atoms with E-state index in [0.717, 1.165) is 58.0 Å². The molecule has 0 aromatic rings. The second kappa shape index (κ2) is 9.15. The van der Waals surface area contributed by atoms with Crippen LogP contribution in [0.1, 0.15) is 64.7 Å². The summed E-state index contributed by atoms with van der Waals surface area (Å²) < 4.78 is 17.4. The maximum Gasteiger partial charge on any atom is 0.306 e. The van der Waals surface area contributed by atoms with Crippen LogP contribution < -0.4 is 0 Å². The topological polar surface area (TPSA) is 65.0 Å². The molecule has 1 aliphatic carbocycles. The summed E-state index contributed by atoms with van der Waals surface area (Å²) in [5, 5.41) is 10.2. The Morgan fingerprint density at radius 1 is 1.36 bits per heavy atom. The van der Waals surface area contributed by atoms with E-state index >= 15 is 0 Å². The number of hydrogen-bond acceptors (Lipinski definition) is 5. The zero-order chi connectivity index (χ0) is 17.6. The SMILES string of the molecule is CCCCC[C@H](O)/C=C/[C@@H]1[C@H]2CC(=O)O[C@H]2C[C@H]1OC1CCCCO1. The van der Waals surface area contributed by atoms with E-state index in [4.69, 9.17) is 14.2 Å². The van der Waals surface area contributed by atoms with E-state index in [0.29, 0.717) is 6.42 Å². The second-order valence-electron chi connectivity index (χ2n) is 7.63. The zero-order valence-corrected chi connectivity index (χ0v) is 15.3. The molecule has 3 aliphatic rings. The third-order valence-corrected chi connectivity index (χ3v) is 5.67. The van der Waals surface area contributed by atoms with E-state index in [1.54, 1.807) is 0 Å². The molecule has 0 aromatic heterocycles. The summed E-state index contributed by atoms with van der Waals surface area (Å²) in [5.41, 5.74) is 0. The van der Waals surface area contributed by atoms with Crippen LogP contribution in [0.3, 0.4) is 0 Å². The molecular weight excluding hydrogens is 320 g/mol. The molecule has 25 heavy (non-hydrogen) atoms. The molecule has 0 aromatic carbocycles. The van der Waals surface area contributed by atoms with E-state index in [1.807, 2.05) is 6.08 Å². The number of ether oxygens (including phenoxy) is 3. The van der Waals surface area contributed by atoms with Crippen LogP contribution in [-0.2, 0) is 19.0 Å². The third-order valence-electron chi connectivity index (χ3n) is 5.67. The first kappa shape index (κ1) is 18.9. The van der Waals surface area contributed by atoms with Gasteiger partial charge in [-0.15, -0.1) is 0 Å². The number of carbonyl (C=O) groups is 1. The van der Waals surface area contributed by atoms with Gasteiger partial charge >= 0.3 is 5.97 Å². The summed E-state index contributed by atoms with van der Waals surface area (Å²) in [6.45, 7) is 2.92. The number of aliphatic hydroxyl groups excluding tert-OH is 1. The van der Waals surface area contributed by atoms with Crippen molar-refractivity contribution in [2.24, 2.45) is 11.8 Å². The Bertz CT molecular complexity index is 457. The van der Waals surface area contributed by atoms with Gasteiger partial charge < -0.3 is 19.3 Å². The summed E-state index contributed by atoms with van der Waals surface area (Å²) in [4.78, 5) is 11.7. The minimum Gasteiger partial charge on any atom is -0.462 e. The molecular formula is C20H32O5. The molecule has 5 nitrogen and oxygen atoms in total. The lowest BCUT2D eigenvalue weighted by molar-refractivity contribution is -0.194. The summed E-state index contributed by atoms with van der Waals surface area (Å²) in [7, 11) is 0. The van der Waals surface area contributed by atoms with Crippen molar-refractivity contribution in [3.05, 3.63) is 12.2 Å². The lowest BCUT2D eigenvalue weighted by Crippen LogP contribution is -2.31. The molecule has 0 amide bonds. The van der Waals surface area contributed by atoms with Gasteiger partial charge in [0, 0.05) is 24.9 Å². The molecule has 0 spiro atoms. The van der Waals surface area contributed by atoms with E-state index in [9.17, 15) is 9.90 Å². The first-order valence-electron chi connectivity index (χ1n) is 10.00. The Hall–Kier alpha value is -0.910. The Morgan fingerprint density at radius 3 is 3.00 bits per heavy atom. The van der Waals surface area contributed by atoms with Crippen LogP contribution in [0.15, 0.2) is 12.2 Å². The summed E-state index contributed by atoms with van der Waals surface area (Å²) in [6, 6.07) is 0. The Morgan fingerprint density at radius 2 is 2.24 bits per heavy atom. The molecule has 5 heteroatoms. The monoisotopic (exact) mass is 352 g/mol. The molecule has 1 N–H and O–H groups in total. The number of hydrogen-bond donors (Lipinski definition) is 1. The number of carbonyl (C=O) groups excluding carboxylic acids is 1. The van der Waals surface area contributed by atoms with E-state index < -0.39 is 6.10 Å². The molecule has 0 radical (unpaired) electrons. The van der Waals surface area contributed by atoms with Crippen molar-refractivity contribution < 1.29 is 24.1 Å². The lowest BCUT2D eigenvalue weighted by Gasteiger charge is -2.28. The fourth-order valence-corrected chi connectivity index (χ4v) is 4.28. The largest absolute Gasteiger partial charge is 0.462 e. The molecule has 6 atom stereocenters. The Labute approximate surface area is 150 Å². The first-order valence-corrected chi connectivity index (χ1v) is 10.00. The average molecular weight is 352 g/mol. The van der Waals surface area contributed by atoms with Gasteiger partial charge in [0.2, 0.25) is 0 Å². The van der Waals surface area contributed by atoms with Crippen molar-refractivity contribution in [2.75, 3.05) is 6.61 Å².